The summed E-state index contributed by atoms with van der Waals surface area (Å²) < 4.78 is 53.5. The molecule has 0 saturated carbocycles. The van der Waals surface area contributed by atoms with Gasteiger partial charge in [-0.05, 0) is 32.9 Å². The van der Waals surface area contributed by atoms with Crippen LogP contribution in [0.5, 0.6) is 0 Å². The van der Waals surface area contributed by atoms with E-state index in [2.05, 4.69) is 0 Å². The van der Waals surface area contributed by atoms with Crippen LogP contribution < -0.4 is 0 Å². The summed E-state index contributed by atoms with van der Waals surface area (Å²) in [6.45, 7) is 5.14. The fourth-order valence-electron chi connectivity index (χ4n) is 3.25. The van der Waals surface area contributed by atoms with E-state index in [0.29, 0.717) is 4.34 Å². The Morgan fingerprint density at radius 1 is 1.41 bits per heavy atom. The van der Waals surface area contributed by atoms with Crippen LogP contribution in [-0.2, 0) is 19.5 Å². The summed E-state index contributed by atoms with van der Waals surface area (Å²) in [4.78, 5) is 13.5. The highest BCUT2D eigenvalue weighted by molar-refractivity contribution is 7.91. The predicted octanol–water partition coefficient (Wildman–Crippen LogP) is 3.10. The minimum Gasteiger partial charge on any atom is -0.444 e. The van der Waals surface area contributed by atoms with E-state index in [-0.39, 0.29) is 36.9 Å². The van der Waals surface area contributed by atoms with Crippen molar-refractivity contribution < 1.29 is 27.1 Å². The molecule has 11 heteroatoms. The first-order valence-corrected chi connectivity index (χ1v) is 11.1. The van der Waals surface area contributed by atoms with E-state index in [1.54, 1.807) is 20.8 Å². The van der Waals surface area contributed by atoms with Crippen LogP contribution in [0.4, 0.5) is 9.18 Å². The van der Waals surface area contributed by atoms with Crippen LogP contribution in [-0.4, -0.2) is 67.5 Å². The summed E-state index contributed by atoms with van der Waals surface area (Å²) in [5, 5.41) is 0. The Hall–Kier alpha value is -0.940. The number of hydrogen-bond donors (Lipinski definition) is 0. The van der Waals surface area contributed by atoms with Crippen LogP contribution in [0.2, 0.25) is 4.34 Å². The number of likely N-dealkylation sites (tertiary alicyclic amines) is 1. The second kappa shape index (κ2) is 7.14. The molecular weight excluding hydrogens is 419 g/mol. The molecule has 3 heterocycles. The number of piperidine rings is 1. The first-order valence-electron chi connectivity index (χ1n) is 8.50. The molecule has 2 fully saturated rings. The molecule has 0 aliphatic carbocycles. The zero-order valence-corrected chi connectivity index (χ0v) is 17.7. The maximum absolute atomic E-state index is 15.2. The molecule has 2 saturated heterocycles. The fourth-order valence-corrected chi connectivity index (χ4v) is 6.56. The smallest absolute Gasteiger partial charge is 0.410 e. The van der Waals surface area contributed by atoms with E-state index in [1.807, 2.05) is 0 Å². The Morgan fingerprint density at radius 2 is 2.11 bits per heavy atom. The minimum atomic E-state index is -3.96. The Bertz CT molecular complexity index is 825. The van der Waals surface area contributed by atoms with Crippen molar-refractivity contribution in [3.63, 3.8) is 0 Å². The molecule has 0 N–H and O–H groups in total. The van der Waals surface area contributed by atoms with Crippen molar-refractivity contribution in [3.8, 4) is 0 Å². The van der Waals surface area contributed by atoms with Gasteiger partial charge in [0, 0.05) is 19.5 Å². The molecule has 2 aliphatic rings. The second-order valence-electron chi connectivity index (χ2n) is 7.47. The molecule has 0 radical (unpaired) electrons. The molecule has 2 unspecified atom stereocenters. The maximum atomic E-state index is 15.2. The van der Waals surface area contributed by atoms with Crippen molar-refractivity contribution in [2.24, 2.45) is 0 Å². The summed E-state index contributed by atoms with van der Waals surface area (Å²) in [5.74, 6) is 0. The third-order valence-corrected chi connectivity index (χ3v) is 8.05. The van der Waals surface area contributed by atoms with E-state index < -0.39 is 33.6 Å². The zero-order valence-electron chi connectivity index (χ0n) is 15.3. The summed E-state index contributed by atoms with van der Waals surface area (Å²) in [7, 11) is -3.96. The van der Waals surface area contributed by atoms with Gasteiger partial charge in [-0.1, -0.05) is 11.6 Å². The Morgan fingerprint density at radius 3 is 2.67 bits per heavy atom. The minimum absolute atomic E-state index is 0.0196. The first kappa shape index (κ1) is 20.8. The number of hydrogen-bond acceptors (Lipinski definition) is 6. The van der Waals surface area contributed by atoms with E-state index in [9.17, 15) is 13.2 Å². The molecule has 2 atom stereocenters. The average molecular weight is 441 g/mol. The van der Waals surface area contributed by atoms with Gasteiger partial charge in [0.25, 0.3) is 10.0 Å². The van der Waals surface area contributed by atoms with Gasteiger partial charge in [-0.2, -0.15) is 4.31 Å². The fraction of sp³-hybridized carbons (Fsp3) is 0.688. The van der Waals surface area contributed by atoms with Gasteiger partial charge in [-0.3, -0.25) is 0 Å². The summed E-state index contributed by atoms with van der Waals surface area (Å²) in [5.41, 5.74) is -2.32. The standard InChI is InChI=1S/C16H22ClFN2O5S2/c1-15(2,3)25-14(21)19-7-6-16(11(18)10-19)20(8-9-24-16)27(22,23)13-5-4-12(17)26-13/h4-5,11H,6-10H2,1-3H3. The molecule has 0 aromatic carbocycles. The Kier molecular flexibility index (Phi) is 5.50. The van der Waals surface area contributed by atoms with Gasteiger partial charge < -0.3 is 14.4 Å². The largest absolute Gasteiger partial charge is 0.444 e. The first-order chi connectivity index (χ1) is 12.5. The molecule has 1 aromatic rings. The third-order valence-electron chi connectivity index (χ3n) is 4.42. The van der Waals surface area contributed by atoms with Crippen molar-refractivity contribution in [3.05, 3.63) is 16.5 Å². The summed E-state index contributed by atoms with van der Waals surface area (Å²) in [6, 6.07) is 2.89. The van der Waals surface area contributed by atoms with Gasteiger partial charge >= 0.3 is 6.09 Å². The molecule has 27 heavy (non-hydrogen) atoms. The summed E-state index contributed by atoms with van der Waals surface area (Å²) in [6.07, 6.45) is -2.31. The second-order valence-corrected chi connectivity index (χ2v) is 11.3. The molecular formula is C16H22ClFN2O5S2. The van der Waals surface area contributed by atoms with E-state index in [0.717, 1.165) is 15.6 Å². The molecule has 7 nitrogen and oxygen atoms in total. The lowest BCUT2D eigenvalue weighted by atomic mass is 9.99. The van der Waals surface area contributed by atoms with Gasteiger partial charge in [0.2, 0.25) is 0 Å². The number of alkyl halides is 1. The van der Waals surface area contributed by atoms with Crippen LogP contribution in [0.1, 0.15) is 27.2 Å². The zero-order chi connectivity index (χ0) is 20.0. The van der Waals surface area contributed by atoms with E-state index in [1.165, 1.54) is 17.0 Å². The lowest BCUT2D eigenvalue weighted by Gasteiger charge is -2.44. The van der Waals surface area contributed by atoms with E-state index >= 15 is 4.39 Å². The number of halogens is 2. The molecule has 152 valence electrons. The number of carbonyl (C=O) groups is 1. The Labute approximate surface area is 167 Å². The van der Waals surface area contributed by atoms with Crippen LogP contribution in [0.25, 0.3) is 0 Å². The van der Waals surface area contributed by atoms with Crippen LogP contribution in [0, 0.1) is 0 Å². The van der Waals surface area contributed by atoms with Gasteiger partial charge in [-0.25, -0.2) is 17.6 Å². The molecule has 1 amide bonds. The lowest BCUT2D eigenvalue weighted by Crippen LogP contribution is -2.63. The number of rotatable bonds is 2. The highest BCUT2D eigenvalue weighted by atomic mass is 35.5. The quantitative estimate of drug-likeness (QED) is 0.706. The van der Waals surface area contributed by atoms with Gasteiger partial charge in [0.05, 0.1) is 17.5 Å². The van der Waals surface area contributed by atoms with Crippen LogP contribution in [0.15, 0.2) is 16.3 Å². The van der Waals surface area contributed by atoms with Crippen molar-refractivity contribution in [2.75, 3.05) is 26.2 Å². The Balaban J connectivity index is 1.81. The van der Waals surface area contributed by atoms with Crippen molar-refractivity contribution in [2.45, 2.75) is 48.9 Å². The molecule has 1 spiro atoms. The monoisotopic (exact) mass is 440 g/mol. The van der Waals surface area contributed by atoms with Crippen molar-refractivity contribution in [1.29, 1.82) is 0 Å². The van der Waals surface area contributed by atoms with Crippen molar-refractivity contribution in [1.82, 2.24) is 9.21 Å². The number of ether oxygens (including phenoxy) is 2. The van der Waals surface area contributed by atoms with Crippen LogP contribution >= 0.6 is 22.9 Å². The number of thiophene rings is 1. The van der Waals surface area contributed by atoms with Crippen molar-refractivity contribution >= 4 is 39.1 Å². The number of carbonyl (C=O) groups excluding carboxylic acids is 1. The normalized spacial score (nSPS) is 27.3. The lowest BCUT2D eigenvalue weighted by molar-refractivity contribution is -0.139. The maximum Gasteiger partial charge on any atom is 0.410 e. The highest BCUT2D eigenvalue weighted by Crippen LogP contribution is 2.41. The molecule has 1 aromatic heterocycles. The third kappa shape index (κ3) is 3.95. The molecule has 2 aliphatic heterocycles. The van der Waals surface area contributed by atoms with Gasteiger partial charge in [0.15, 0.2) is 11.9 Å². The summed E-state index contributed by atoms with van der Waals surface area (Å²) >= 11 is 6.77. The molecule has 3 rings (SSSR count). The number of sulfonamides is 1. The number of nitrogens with zero attached hydrogens (tertiary/aromatic N) is 2. The van der Waals surface area contributed by atoms with E-state index in [4.69, 9.17) is 21.1 Å². The molecule has 0 bridgehead atoms. The van der Waals surface area contributed by atoms with Crippen LogP contribution in [0.3, 0.4) is 0 Å². The van der Waals surface area contributed by atoms with Gasteiger partial charge in [0.1, 0.15) is 9.81 Å². The predicted molar refractivity (Wildman–Crippen MR) is 99.2 cm³/mol. The topological polar surface area (TPSA) is 76.2 Å². The highest BCUT2D eigenvalue weighted by Gasteiger charge is 2.57. The SMILES string of the molecule is CC(C)(C)OC(=O)N1CCC2(OCCN2S(=O)(=O)c2ccc(Cl)s2)C(F)C1. The van der Waals surface area contributed by atoms with Gasteiger partial charge in [-0.15, -0.1) is 11.3 Å². The number of amides is 1. The average Bonchev–Trinajstić information content (AvgIpc) is 3.16.